The van der Waals surface area contributed by atoms with E-state index in [4.69, 9.17) is 0 Å². The molecule has 1 aromatic rings. The summed E-state index contributed by atoms with van der Waals surface area (Å²) in [7, 11) is 0. The maximum Gasteiger partial charge on any atom is 0.205 e. The van der Waals surface area contributed by atoms with Gasteiger partial charge in [0.05, 0.1) is 0 Å². The fourth-order valence-electron chi connectivity index (χ4n) is 1.64. The Hall–Kier alpha value is -1.38. The molecule has 68 valence electrons. The Morgan fingerprint density at radius 2 is 2.46 bits per heavy atom. The molecule has 0 unspecified atom stereocenters. The molecular weight excluding hydrogens is 164 g/mol. The lowest BCUT2D eigenvalue weighted by Gasteiger charge is -2.11. The zero-order valence-corrected chi connectivity index (χ0v) is 7.49. The van der Waals surface area contributed by atoms with Gasteiger partial charge in [0.2, 0.25) is 5.78 Å². The smallest absolute Gasteiger partial charge is 0.205 e. The van der Waals surface area contributed by atoms with E-state index in [1.807, 2.05) is 6.20 Å². The van der Waals surface area contributed by atoms with Crippen LogP contribution in [0.2, 0.25) is 0 Å². The first-order valence-corrected chi connectivity index (χ1v) is 4.54. The van der Waals surface area contributed by atoms with E-state index in [9.17, 15) is 4.79 Å². The zero-order valence-electron chi connectivity index (χ0n) is 7.49. The highest BCUT2D eigenvalue weighted by molar-refractivity contribution is 6.02. The number of ketones is 1. The van der Waals surface area contributed by atoms with Crippen molar-refractivity contribution in [3.05, 3.63) is 30.4 Å². The Labute approximate surface area is 77.1 Å². The number of fused-ring (bicyclic) bond motifs is 1. The zero-order chi connectivity index (χ0) is 9.26. The van der Waals surface area contributed by atoms with Crippen molar-refractivity contribution in [3.63, 3.8) is 0 Å². The van der Waals surface area contributed by atoms with Crippen LogP contribution in [0.4, 0.5) is 0 Å². The van der Waals surface area contributed by atoms with E-state index in [1.165, 1.54) is 18.9 Å². The SMILES string of the molecule is C=CC(=O)c1cn2c(n1)CCCC2. The molecular formula is C10H12N2O. The summed E-state index contributed by atoms with van der Waals surface area (Å²) in [6.45, 7) is 4.44. The molecule has 0 N–H and O–H groups in total. The molecule has 0 atom stereocenters. The van der Waals surface area contributed by atoms with Gasteiger partial charge in [0.1, 0.15) is 11.5 Å². The van der Waals surface area contributed by atoms with Crippen LogP contribution in [-0.4, -0.2) is 15.3 Å². The van der Waals surface area contributed by atoms with Crippen molar-refractivity contribution in [1.82, 2.24) is 9.55 Å². The predicted octanol–water partition coefficient (Wildman–Crippen LogP) is 1.59. The van der Waals surface area contributed by atoms with E-state index in [0.717, 1.165) is 18.8 Å². The Balaban J connectivity index is 2.35. The Morgan fingerprint density at radius 3 is 3.15 bits per heavy atom. The molecule has 0 fully saturated rings. The van der Waals surface area contributed by atoms with Crippen LogP contribution in [0.3, 0.4) is 0 Å². The molecule has 0 saturated carbocycles. The van der Waals surface area contributed by atoms with Crippen LogP contribution in [0.15, 0.2) is 18.9 Å². The van der Waals surface area contributed by atoms with Crippen LogP contribution in [0.25, 0.3) is 0 Å². The van der Waals surface area contributed by atoms with Gasteiger partial charge in [-0.1, -0.05) is 6.58 Å². The lowest BCUT2D eigenvalue weighted by Crippen LogP contribution is -2.08. The van der Waals surface area contributed by atoms with Crippen LogP contribution in [0, 0.1) is 0 Å². The van der Waals surface area contributed by atoms with Gasteiger partial charge in [-0.2, -0.15) is 0 Å². The minimum atomic E-state index is -0.0816. The molecule has 1 aliphatic heterocycles. The molecule has 0 aromatic carbocycles. The highest BCUT2D eigenvalue weighted by atomic mass is 16.1. The summed E-state index contributed by atoms with van der Waals surface area (Å²) in [5.41, 5.74) is 0.534. The molecule has 2 heterocycles. The van der Waals surface area contributed by atoms with Gasteiger partial charge in [-0.15, -0.1) is 0 Å². The van der Waals surface area contributed by atoms with Crippen molar-refractivity contribution in [3.8, 4) is 0 Å². The van der Waals surface area contributed by atoms with E-state index in [1.54, 1.807) is 0 Å². The molecule has 0 spiro atoms. The number of aryl methyl sites for hydroxylation is 2. The Bertz CT molecular complexity index is 328. The van der Waals surface area contributed by atoms with Gasteiger partial charge in [0.25, 0.3) is 0 Å². The summed E-state index contributed by atoms with van der Waals surface area (Å²) in [6.07, 6.45) is 6.50. The van der Waals surface area contributed by atoms with E-state index < -0.39 is 0 Å². The number of rotatable bonds is 2. The first-order valence-electron chi connectivity index (χ1n) is 4.54. The maximum atomic E-state index is 11.2. The summed E-state index contributed by atoms with van der Waals surface area (Å²) in [5, 5.41) is 0. The van der Waals surface area contributed by atoms with Gasteiger partial charge < -0.3 is 4.57 Å². The first-order chi connectivity index (χ1) is 6.31. The summed E-state index contributed by atoms with van der Waals surface area (Å²) in [5.74, 6) is 0.957. The molecule has 0 aliphatic carbocycles. The number of imidazole rings is 1. The summed E-state index contributed by atoms with van der Waals surface area (Å²) in [4.78, 5) is 15.5. The second kappa shape index (κ2) is 3.17. The van der Waals surface area contributed by atoms with Crippen molar-refractivity contribution < 1.29 is 4.79 Å². The topological polar surface area (TPSA) is 34.9 Å². The minimum Gasteiger partial charge on any atom is -0.334 e. The van der Waals surface area contributed by atoms with Crippen LogP contribution in [0.5, 0.6) is 0 Å². The maximum absolute atomic E-state index is 11.2. The average molecular weight is 176 g/mol. The second-order valence-electron chi connectivity index (χ2n) is 3.26. The van der Waals surface area contributed by atoms with Gasteiger partial charge in [0, 0.05) is 19.2 Å². The fraction of sp³-hybridized carbons (Fsp3) is 0.400. The van der Waals surface area contributed by atoms with Crippen LogP contribution in [0.1, 0.15) is 29.2 Å². The molecule has 0 saturated heterocycles. The Morgan fingerprint density at radius 1 is 1.62 bits per heavy atom. The third-order valence-corrected chi connectivity index (χ3v) is 2.35. The number of hydrogen-bond acceptors (Lipinski definition) is 2. The predicted molar refractivity (Wildman–Crippen MR) is 49.7 cm³/mol. The van der Waals surface area contributed by atoms with Crippen LogP contribution in [-0.2, 0) is 13.0 Å². The van der Waals surface area contributed by atoms with Crippen LogP contribution < -0.4 is 0 Å². The molecule has 13 heavy (non-hydrogen) atoms. The van der Waals surface area contributed by atoms with Gasteiger partial charge >= 0.3 is 0 Å². The minimum absolute atomic E-state index is 0.0816. The normalized spacial score (nSPS) is 15.1. The second-order valence-corrected chi connectivity index (χ2v) is 3.26. The number of carbonyl (C=O) groups is 1. The highest BCUT2D eigenvalue weighted by Crippen LogP contribution is 2.14. The van der Waals surface area contributed by atoms with E-state index in [-0.39, 0.29) is 5.78 Å². The van der Waals surface area contributed by atoms with E-state index in [2.05, 4.69) is 16.1 Å². The van der Waals surface area contributed by atoms with Gasteiger partial charge in [0.15, 0.2) is 0 Å². The molecule has 0 radical (unpaired) electrons. The largest absolute Gasteiger partial charge is 0.334 e. The average Bonchev–Trinajstić information content (AvgIpc) is 2.59. The van der Waals surface area contributed by atoms with E-state index in [0.29, 0.717) is 5.69 Å². The number of nitrogens with zero attached hydrogens (tertiary/aromatic N) is 2. The highest BCUT2D eigenvalue weighted by Gasteiger charge is 2.14. The van der Waals surface area contributed by atoms with Gasteiger partial charge in [-0.3, -0.25) is 4.79 Å². The van der Waals surface area contributed by atoms with Crippen molar-refractivity contribution in [2.75, 3.05) is 0 Å². The molecule has 1 aliphatic rings. The summed E-state index contributed by atoms with van der Waals surface area (Å²) < 4.78 is 2.07. The molecule has 3 nitrogen and oxygen atoms in total. The molecule has 0 amide bonds. The molecule has 0 bridgehead atoms. The van der Waals surface area contributed by atoms with Crippen LogP contribution >= 0.6 is 0 Å². The Kier molecular flexibility index (Phi) is 2.00. The lowest BCUT2D eigenvalue weighted by atomic mass is 10.2. The number of aromatic nitrogens is 2. The third kappa shape index (κ3) is 1.41. The third-order valence-electron chi connectivity index (χ3n) is 2.35. The van der Waals surface area contributed by atoms with Crippen molar-refractivity contribution in [1.29, 1.82) is 0 Å². The quantitative estimate of drug-likeness (QED) is 0.506. The summed E-state index contributed by atoms with van der Waals surface area (Å²) in [6, 6.07) is 0. The standard InChI is InChI=1S/C10H12N2O/c1-2-9(13)8-7-12-6-4-3-5-10(12)11-8/h2,7H,1,3-6H2. The lowest BCUT2D eigenvalue weighted by molar-refractivity contribution is 0.104. The molecule has 2 rings (SSSR count). The van der Waals surface area contributed by atoms with E-state index >= 15 is 0 Å². The fourth-order valence-corrected chi connectivity index (χ4v) is 1.64. The molecule has 3 heteroatoms. The monoisotopic (exact) mass is 176 g/mol. The summed E-state index contributed by atoms with van der Waals surface area (Å²) >= 11 is 0. The molecule has 1 aromatic heterocycles. The van der Waals surface area contributed by atoms with Crippen molar-refractivity contribution >= 4 is 5.78 Å². The first kappa shape index (κ1) is 8.23. The van der Waals surface area contributed by atoms with Gasteiger partial charge in [-0.25, -0.2) is 4.98 Å². The number of hydrogen-bond donors (Lipinski definition) is 0. The number of allylic oxidation sites excluding steroid dienone is 1. The van der Waals surface area contributed by atoms with Crippen molar-refractivity contribution in [2.24, 2.45) is 0 Å². The number of carbonyl (C=O) groups excluding carboxylic acids is 1. The van der Waals surface area contributed by atoms with Crippen molar-refractivity contribution in [2.45, 2.75) is 25.8 Å². The van der Waals surface area contributed by atoms with Gasteiger partial charge in [-0.05, 0) is 18.9 Å².